The molecule has 1 aliphatic heterocycles. The van der Waals surface area contributed by atoms with Crippen molar-refractivity contribution in [1.82, 2.24) is 0 Å². The molecule has 1 fully saturated rings. The second-order valence-electron chi connectivity index (χ2n) is 8.66. The van der Waals surface area contributed by atoms with Crippen LogP contribution in [-0.4, -0.2) is 64.3 Å². The predicted octanol–water partition coefficient (Wildman–Crippen LogP) is 3.98. The first-order chi connectivity index (χ1) is 15.0. The SMILES string of the molecule is C=CC[N+]1(C)CCN(c2ccc(C=C3Cc4cc(OC)c(OC)cc4C3=O)cc2)CC1. The van der Waals surface area contributed by atoms with Crippen molar-refractivity contribution in [3.63, 3.8) is 0 Å². The average molecular weight is 420 g/mol. The molecule has 0 aromatic heterocycles. The number of nitrogens with zero attached hydrogens (tertiary/aromatic N) is 2. The van der Waals surface area contributed by atoms with Crippen molar-refractivity contribution >= 4 is 17.5 Å². The molecule has 2 aliphatic rings. The standard InChI is InChI=1S/C26H31N2O3/c1-5-12-28(2)13-10-27(11-14-28)22-8-6-19(7-9-22)15-21-16-20-17-24(30-3)25(31-4)18-23(20)26(21)29/h5-9,15,17-18H,1,10-14,16H2,2-4H3/q+1. The Bertz CT molecular complexity index is 1020. The number of quaternary nitrogens is 1. The van der Waals surface area contributed by atoms with Gasteiger partial charge < -0.3 is 18.9 Å². The first-order valence-corrected chi connectivity index (χ1v) is 10.8. The van der Waals surface area contributed by atoms with Gasteiger partial charge in [0.05, 0.1) is 54.0 Å². The summed E-state index contributed by atoms with van der Waals surface area (Å²) in [5.74, 6) is 1.31. The maximum atomic E-state index is 12.9. The van der Waals surface area contributed by atoms with Gasteiger partial charge in [0.1, 0.15) is 0 Å². The van der Waals surface area contributed by atoms with Gasteiger partial charge in [0.15, 0.2) is 17.3 Å². The minimum atomic E-state index is 0.0651. The van der Waals surface area contributed by atoms with Crippen molar-refractivity contribution in [2.24, 2.45) is 0 Å². The molecular weight excluding hydrogens is 388 g/mol. The van der Waals surface area contributed by atoms with E-state index in [2.05, 4.69) is 42.8 Å². The van der Waals surface area contributed by atoms with Gasteiger partial charge in [-0.1, -0.05) is 18.7 Å². The summed E-state index contributed by atoms with van der Waals surface area (Å²) in [7, 11) is 5.50. The molecule has 0 bridgehead atoms. The van der Waals surface area contributed by atoms with Gasteiger partial charge in [-0.2, -0.15) is 0 Å². The van der Waals surface area contributed by atoms with E-state index in [9.17, 15) is 4.79 Å². The number of hydrogen-bond donors (Lipinski definition) is 0. The van der Waals surface area contributed by atoms with E-state index in [-0.39, 0.29) is 5.78 Å². The number of carbonyl (C=O) groups excluding carboxylic acids is 1. The number of likely N-dealkylation sites (N-methyl/N-ethyl adjacent to an activating group) is 1. The Kier molecular flexibility index (Phi) is 5.88. The Morgan fingerprint density at radius 2 is 1.71 bits per heavy atom. The largest absolute Gasteiger partial charge is 0.493 e. The number of methoxy groups -OCH3 is 2. The van der Waals surface area contributed by atoms with Crippen LogP contribution in [0.3, 0.4) is 0 Å². The molecule has 4 rings (SSSR count). The normalized spacial score (nSPS) is 18.7. The van der Waals surface area contributed by atoms with Crippen molar-refractivity contribution in [2.45, 2.75) is 6.42 Å². The number of benzene rings is 2. The van der Waals surface area contributed by atoms with Crippen LogP contribution in [0.25, 0.3) is 6.08 Å². The lowest BCUT2D eigenvalue weighted by Gasteiger charge is -2.42. The summed E-state index contributed by atoms with van der Waals surface area (Å²) in [5, 5.41) is 0. The molecule has 0 unspecified atom stereocenters. The first-order valence-electron chi connectivity index (χ1n) is 10.8. The minimum absolute atomic E-state index is 0.0651. The summed E-state index contributed by atoms with van der Waals surface area (Å²) in [5.41, 5.74) is 4.77. The highest BCUT2D eigenvalue weighted by Crippen LogP contribution is 2.37. The van der Waals surface area contributed by atoms with E-state index >= 15 is 0 Å². The number of rotatable bonds is 6. The van der Waals surface area contributed by atoms with E-state index in [1.165, 1.54) is 5.69 Å². The van der Waals surface area contributed by atoms with Gasteiger partial charge in [0, 0.05) is 23.2 Å². The monoisotopic (exact) mass is 419 g/mol. The van der Waals surface area contributed by atoms with Gasteiger partial charge in [0.25, 0.3) is 0 Å². The van der Waals surface area contributed by atoms with Crippen LogP contribution >= 0.6 is 0 Å². The molecule has 0 N–H and O–H groups in total. The molecule has 2 aromatic rings. The Balaban J connectivity index is 1.48. The van der Waals surface area contributed by atoms with Gasteiger partial charge in [-0.3, -0.25) is 4.79 Å². The molecule has 0 radical (unpaired) electrons. The van der Waals surface area contributed by atoms with Gasteiger partial charge in [-0.05, 0) is 47.5 Å². The fourth-order valence-electron chi connectivity index (χ4n) is 4.54. The van der Waals surface area contributed by atoms with Crippen LogP contribution in [0, 0.1) is 0 Å². The molecule has 0 spiro atoms. The molecular formula is C26H31N2O3+. The maximum absolute atomic E-state index is 12.9. The van der Waals surface area contributed by atoms with Gasteiger partial charge in [-0.25, -0.2) is 0 Å². The molecule has 0 amide bonds. The van der Waals surface area contributed by atoms with Crippen LogP contribution in [-0.2, 0) is 6.42 Å². The maximum Gasteiger partial charge on any atom is 0.189 e. The number of piperazine rings is 1. The molecule has 1 saturated heterocycles. The van der Waals surface area contributed by atoms with E-state index < -0.39 is 0 Å². The molecule has 5 heteroatoms. The number of fused-ring (bicyclic) bond motifs is 1. The summed E-state index contributed by atoms with van der Waals surface area (Å²) in [6, 6.07) is 12.2. The highest BCUT2D eigenvalue weighted by Gasteiger charge is 2.28. The van der Waals surface area contributed by atoms with Crippen molar-refractivity contribution < 1.29 is 18.8 Å². The Morgan fingerprint density at radius 3 is 2.32 bits per heavy atom. The Labute approximate surface area is 184 Å². The molecule has 2 aromatic carbocycles. The minimum Gasteiger partial charge on any atom is -0.493 e. The predicted molar refractivity (Wildman–Crippen MR) is 125 cm³/mol. The van der Waals surface area contributed by atoms with E-state index in [1.807, 2.05) is 18.2 Å². The fourth-order valence-corrected chi connectivity index (χ4v) is 4.54. The smallest absolute Gasteiger partial charge is 0.189 e. The van der Waals surface area contributed by atoms with Crippen molar-refractivity contribution in [3.8, 4) is 11.5 Å². The van der Waals surface area contributed by atoms with Gasteiger partial charge >= 0.3 is 0 Å². The van der Waals surface area contributed by atoms with Crippen LogP contribution < -0.4 is 14.4 Å². The summed E-state index contributed by atoms with van der Waals surface area (Å²) in [6.45, 7) is 9.25. The van der Waals surface area contributed by atoms with Crippen molar-refractivity contribution in [3.05, 3.63) is 71.3 Å². The van der Waals surface area contributed by atoms with Crippen LogP contribution in [0.4, 0.5) is 5.69 Å². The lowest BCUT2D eigenvalue weighted by molar-refractivity contribution is -0.904. The average Bonchev–Trinajstić information content (AvgIpc) is 3.08. The summed E-state index contributed by atoms with van der Waals surface area (Å²) in [4.78, 5) is 15.4. The van der Waals surface area contributed by atoms with Gasteiger partial charge in [0.2, 0.25) is 0 Å². The third-order valence-corrected chi connectivity index (χ3v) is 6.52. The van der Waals surface area contributed by atoms with Crippen molar-refractivity contribution in [1.29, 1.82) is 0 Å². The van der Waals surface area contributed by atoms with E-state index in [1.54, 1.807) is 20.3 Å². The third kappa shape index (κ3) is 4.23. The lowest BCUT2D eigenvalue weighted by Crippen LogP contribution is -2.57. The number of allylic oxidation sites excluding steroid dienone is 1. The van der Waals surface area contributed by atoms with E-state index in [0.717, 1.165) is 53.9 Å². The number of ether oxygens (including phenoxy) is 2. The fraction of sp³-hybridized carbons (Fsp3) is 0.346. The molecule has 162 valence electrons. The second-order valence-corrected chi connectivity index (χ2v) is 8.66. The van der Waals surface area contributed by atoms with Crippen LogP contribution in [0.15, 0.2) is 54.6 Å². The van der Waals surface area contributed by atoms with Crippen LogP contribution in [0.5, 0.6) is 11.5 Å². The second kappa shape index (κ2) is 8.60. The third-order valence-electron chi connectivity index (χ3n) is 6.52. The number of Topliss-reactive ketones (excluding diaryl/α,β-unsaturated/α-hetero) is 1. The quantitative estimate of drug-likeness (QED) is 0.403. The zero-order chi connectivity index (χ0) is 22.0. The van der Waals surface area contributed by atoms with E-state index in [0.29, 0.717) is 23.5 Å². The highest BCUT2D eigenvalue weighted by molar-refractivity contribution is 6.15. The van der Waals surface area contributed by atoms with Crippen LogP contribution in [0.2, 0.25) is 0 Å². The Morgan fingerprint density at radius 1 is 1.06 bits per heavy atom. The molecule has 0 atom stereocenters. The van der Waals surface area contributed by atoms with Gasteiger partial charge in [-0.15, -0.1) is 0 Å². The van der Waals surface area contributed by atoms with Crippen molar-refractivity contribution in [2.75, 3.05) is 58.9 Å². The summed E-state index contributed by atoms with van der Waals surface area (Å²) >= 11 is 0. The van der Waals surface area contributed by atoms with Crippen LogP contribution in [0.1, 0.15) is 21.5 Å². The summed E-state index contributed by atoms with van der Waals surface area (Å²) < 4.78 is 11.8. The molecule has 31 heavy (non-hydrogen) atoms. The molecule has 1 heterocycles. The molecule has 1 aliphatic carbocycles. The summed E-state index contributed by atoms with van der Waals surface area (Å²) in [6.07, 6.45) is 4.63. The highest BCUT2D eigenvalue weighted by atomic mass is 16.5. The zero-order valence-corrected chi connectivity index (χ0v) is 18.7. The lowest BCUT2D eigenvalue weighted by atomic mass is 10.1. The number of hydrogen-bond acceptors (Lipinski definition) is 4. The molecule has 5 nitrogen and oxygen atoms in total. The molecule has 0 saturated carbocycles. The number of carbonyl (C=O) groups is 1. The van der Waals surface area contributed by atoms with E-state index in [4.69, 9.17) is 9.47 Å². The number of ketones is 1. The zero-order valence-electron chi connectivity index (χ0n) is 18.7. The topological polar surface area (TPSA) is 38.8 Å². The first kappa shape index (κ1) is 21.2. The Hall–Kier alpha value is -3.05. The number of anilines is 1.